The molecule has 6 heteroatoms. The summed E-state index contributed by atoms with van der Waals surface area (Å²) in [6, 6.07) is 0. The van der Waals surface area contributed by atoms with Gasteiger partial charge in [0.25, 0.3) is 0 Å². The van der Waals surface area contributed by atoms with Crippen LogP contribution in [0.1, 0.15) is 19.3 Å². The highest BCUT2D eigenvalue weighted by molar-refractivity contribution is 5.84. The topological polar surface area (TPSA) is 78.9 Å². The van der Waals surface area contributed by atoms with E-state index in [0.717, 1.165) is 13.0 Å². The first-order valence-electron chi connectivity index (χ1n) is 5.07. The van der Waals surface area contributed by atoms with Crippen molar-refractivity contribution >= 4 is 12.1 Å². The van der Waals surface area contributed by atoms with Crippen LogP contribution < -0.4 is 5.32 Å². The van der Waals surface area contributed by atoms with Crippen molar-refractivity contribution in [2.24, 2.45) is 5.41 Å². The first kappa shape index (κ1) is 10.2. The maximum Gasteiger partial charge on any atom is 0.525 e. The minimum Gasteiger partial charge on any atom is -0.448 e. The lowest BCUT2D eigenvalue weighted by atomic mass is 9.77. The van der Waals surface area contributed by atoms with Gasteiger partial charge in [-0.05, 0) is 19.3 Å². The van der Waals surface area contributed by atoms with Gasteiger partial charge in [-0.2, -0.15) is 0 Å². The molecule has 0 aromatic heterocycles. The molecule has 0 aliphatic carbocycles. The van der Waals surface area contributed by atoms with Gasteiger partial charge in [0, 0.05) is 19.6 Å². The minimum absolute atomic E-state index is 0.109. The zero-order valence-corrected chi connectivity index (χ0v) is 8.36. The molecule has 0 radical (unpaired) electrons. The summed E-state index contributed by atoms with van der Waals surface area (Å²) in [5, 5.41) is 12.7. The van der Waals surface area contributed by atoms with Gasteiger partial charge < -0.3 is 15.3 Å². The smallest absolute Gasteiger partial charge is 0.448 e. The van der Waals surface area contributed by atoms with E-state index in [2.05, 4.69) is 10.2 Å². The Morgan fingerprint density at radius 2 is 2.07 bits per heavy atom. The van der Waals surface area contributed by atoms with E-state index in [9.17, 15) is 9.59 Å². The molecule has 6 nitrogen and oxygen atoms in total. The van der Waals surface area contributed by atoms with E-state index in [1.807, 2.05) is 0 Å². The number of amides is 1. The molecule has 84 valence electrons. The first-order chi connectivity index (χ1) is 7.12. The molecule has 1 amide bonds. The predicted octanol–water partition coefficient (Wildman–Crippen LogP) is 0.198. The fourth-order valence-corrected chi connectivity index (χ4v) is 2.31. The van der Waals surface area contributed by atoms with Crippen LogP contribution >= 0.6 is 0 Å². The van der Waals surface area contributed by atoms with E-state index >= 15 is 0 Å². The van der Waals surface area contributed by atoms with Crippen LogP contribution in [-0.2, 0) is 9.63 Å². The molecule has 0 aromatic rings. The monoisotopic (exact) mass is 214 g/mol. The van der Waals surface area contributed by atoms with E-state index in [-0.39, 0.29) is 11.3 Å². The number of carbonyl (C=O) groups is 2. The second kappa shape index (κ2) is 3.69. The lowest BCUT2D eigenvalue weighted by Gasteiger charge is -2.35. The third-order valence-electron chi connectivity index (χ3n) is 3.26. The fraction of sp³-hybridized carbons (Fsp3) is 0.778. The third-order valence-corrected chi connectivity index (χ3v) is 3.26. The van der Waals surface area contributed by atoms with Crippen LogP contribution in [0, 0.1) is 5.41 Å². The van der Waals surface area contributed by atoms with E-state index in [4.69, 9.17) is 5.11 Å². The molecule has 2 aliphatic heterocycles. The zero-order chi connectivity index (χ0) is 10.9. The summed E-state index contributed by atoms with van der Waals surface area (Å²) >= 11 is 0. The summed E-state index contributed by atoms with van der Waals surface area (Å²) in [5.41, 5.74) is -0.266. The number of nitrogens with zero attached hydrogens (tertiary/aromatic N) is 1. The maximum atomic E-state index is 11.6. The van der Waals surface area contributed by atoms with Crippen LogP contribution in [0.4, 0.5) is 4.79 Å². The Hall–Kier alpha value is -1.30. The highest BCUT2D eigenvalue weighted by Crippen LogP contribution is 2.37. The molecule has 0 saturated carbocycles. The van der Waals surface area contributed by atoms with E-state index in [1.165, 1.54) is 5.06 Å². The quantitative estimate of drug-likeness (QED) is 0.651. The average molecular weight is 214 g/mol. The second-order valence-corrected chi connectivity index (χ2v) is 4.07. The Bertz CT molecular complexity index is 284. The van der Waals surface area contributed by atoms with Crippen molar-refractivity contribution in [1.82, 2.24) is 10.4 Å². The molecule has 0 atom stereocenters. The van der Waals surface area contributed by atoms with Crippen LogP contribution in [0.15, 0.2) is 0 Å². The van der Waals surface area contributed by atoms with Crippen molar-refractivity contribution in [1.29, 1.82) is 0 Å². The lowest BCUT2D eigenvalue weighted by molar-refractivity contribution is -0.154. The summed E-state index contributed by atoms with van der Waals surface area (Å²) in [6.07, 6.45) is 0.909. The Labute approximate surface area is 87.1 Å². The van der Waals surface area contributed by atoms with Crippen molar-refractivity contribution in [3.8, 4) is 0 Å². The summed E-state index contributed by atoms with van der Waals surface area (Å²) in [7, 11) is 0. The summed E-state index contributed by atoms with van der Waals surface area (Å²) in [5.74, 6) is 0.109. The molecule has 2 saturated heterocycles. The molecule has 2 N–H and O–H groups in total. The number of hydrogen-bond donors (Lipinski definition) is 2. The molecule has 0 bridgehead atoms. The molecule has 2 heterocycles. The van der Waals surface area contributed by atoms with Gasteiger partial charge in [0.2, 0.25) is 5.91 Å². The van der Waals surface area contributed by atoms with Gasteiger partial charge in [-0.1, -0.05) is 0 Å². The fourth-order valence-electron chi connectivity index (χ4n) is 2.31. The largest absolute Gasteiger partial charge is 0.525 e. The summed E-state index contributed by atoms with van der Waals surface area (Å²) in [6.45, 7) is 1.73. The Kier molecular flexibility index (Phi) is 2.52. The average Bonchev–Trinajstić information content (AvgIpc) is 2.52. The van der Waals surface area contributed by atoms with E-state index in [1.54, 1.807) is 0 Å². The second-order valence-electron chi connectivity index (χ2n) is 4.07. The molecule has 2 rings (SSSR count). The van der Waals surface area contributed by atoms with Gasteiger partial charge in [-0.3, -0.25) is 4.79 Å². The van der Waals surface area contributed by atoms with Crippen LogP contribution in [0.3, 0.4) is 0 Å². The zero-order valence-electron chi connectivity index (χ0n) is 8.36. The summed E-state index contributed by atoms with van der Waals surface area (Å²) < 4.78 is 0. The number of carboxylic acid groups (broad SMARTS) is 1. The molecule has 0 aromatic carbocycles. The van der Waals surface area contributed by atoms with E-state index < -0.39 is 6.16 Å². The van der Waals surface area contributed by atoms with Crippen molar-refractivity contribution in [2.45, 2.75) is 19.3 Å². The number of rotatable bonds is 1. The highest BCUT2D eigenvalue weighted by atomic mass is 16.8. The van der Waals surface area contributed by atoms with Crippen molar-refractivity contribution in [3.05, 3.63) is 0 Å². The van der Waals surface area contributed by atoms with E-state index in [0.29, 0.717) is 25.9 Å². The molecule has 15 heavy (non-hydrogen) atoms. The molecule has 2 aliphatic rings. The SMILES string of the molecule is O=C(O)ON1CCC2(CCNC2=O)CC1. The number of carbonyl (C=O) groups excluding carboxylic acids is 1. The van der Waals surface area contributed by atoms with Gasteiger partial charge in [-0.15, -0.1) is 5.06 Å². The van der Waals surface area contributed by atoms with Crippen LogP contribution in [-0.4, -0.2) is 41.9 Å². The lowest BCUT2D eigenvalue weighted by Crippen LogP contribution is -2.44. The van der Waals surface area contributed by atoms with Crippen molar-refractivity contribution < 1.29 is 19.5 Å². The highest BCUT2D eigenvalue weighted by Gasteiger charge is 2.44. The molecule has 0 unspecified atom stereocenters. The minimum atomic E-state index is -1.29. The number of nitrogens with one attached hydrogen (secondary N) is 1. The van der Waals surface area contributed by atoms with Crippen molar-refractivity contribution in [2.75, 3.05) is 19.6 Å². The standard InChI is InChI=1S/C9H14N2O4/c12-7-9(1-4-10-7)2-5-11(6-3-9)15-8(13)14/h1-6H2,(H,10,12)(H,13,14). The normalized spacial score (nSPS) is 25.2. The Morgan fingerprint density at radius 1 is 1.40 bits per heavy atom. The van der Waals surface area contributed by atoms with Gasteiger partial charge >= 0.3 is 6.16 Å². The van der Waals surface area contributed by atoms with Crippen LogP contribution in [0.25, 0.3) is 0 Å². The predicted molar refractivity (Wildman–Crippen MR) is 50.0 cm³/mol. The van der Waals surface area contributed by atoms with Gasteiger partial charge in [-0.25, -0.2) is 4.79 Å². The Balaban J connectivity index is 1.91. The third kappa shape index (κ3) is 1.90. The molecular formula is C9H14N2O4. The van der Waals surface area contributed by atoms with Gasteiger partial charge in [0.15, 0.2) is 0 Å². The first-order valence-corrected chi connectivity index (χ1v) is 5.07. The molecular weight excluding hydrogens is 200 g/mol. The number of piperidine rings is 1. The summed E-state index contributed by atoms with van der Waals surface area (Å²) in [4.78, 5) is 26.4. The van der Waals surface area contributed by atoms with Crippen LogP contribution in [0.5, 0.6) is 0 Å². The molecule has 2 fully saturated rings. The van der Waals surface area contributed by atoms with Gasteiger partial charge in [0.05, 0.1) is 5.41 Å². The number of hydrogen-bond acceptors (Lipinski definition) is 4. The van der Waals surface area contributed by atoms with Gasteiger partial charge in [0.1, 0.15) is 0 Å². The van der Waals surface area contributed by atoms with Crippen molar-refractivity contribution in [3.63, 3.8) is 0 Å². The molecule has 1 spiro atoms. The maximum absolute atomic E-state index is 11.6. The number of hydroxylamine groups is 2. The van der Waals surface area contributed by atoms with Crippen LogP contribution in [0.2, 0.25) is 0 Å². The Morgan fingerprint density at radius 3 is 2.53 bits per heavy atom.